The SMILES string of the molecule is C=C(C)N1CCN(S(O)(O)c2ccc(C)cc2)CC1.C=C(N)C1CCCN(S(O)(O)c2ccc(C)cc2)C1.CC(C)c1cccc(C(=O)OCC[N+](C)(C)C)c1.COc1ncc(C)c(OC)n1.Cc1ccc(CC(C)C)cc1.Cc1ccc(F)c(Cl)c1.Cc1ccc(S(O)(O)NCCC2CCCN2C)cc1.Cc1ccc2c(c1)CCO2.Cc1ccccc1Cl. The molecule has 4 aliphatic rings. The van der Waals surface area contributed by atoms with E-state index in [-0.39, 0.29) is 22.7 Å². The molecular weight excluding hydrogens is 1670 g/mol. The minimum Gasteiger partial charge on any atom is -0.493 e. The lowest BCUT2D eigenvalue weighted by atomic mass is 9.97. The molecule has 9 N–H and O–H groups in total. The number of hydrogen-bond donors (Lipinski definition) is 8. The van der Waals surface area contributed by atoms with Crippen molar-refractivity contribution in [3.05, 3.63) is 295 Å². The zero-order valence-electron chi connectivity index (χ0n) is 76.6. The number of hydrogen-bond acceptors (Lipinski definition) is 19. The average molecular weight is 1810 g/mol. The summed E-state index contributed by atoms with van der Waals surface area (Å²) in [6.45, 7) is 42.3. The Morgan fingerprint density at radius 3 is 1.67 bits per heavy atom. The van der Waals surface area contributed by atoms with Gasteiger partial charge in [-0.15, -0.1) is 32.3 Å². The van der Waals surface area contributed by atoms with Crippen molar-refractivity contribution in [2.45, 2.75) is 162 Å². The zero-order chi connectivity index (χ0) is 92.1. The highest BCUT2D eigenvalue weighted by molar-refractivity contribution is 8.23. The number of nitrogens with two attached hydrogens (primary N) is 1. The molecule has 3 saturated heterocycles. The van der Waals surface area contributed by atoms with Gasteiger partial charge in [-0.2, -0.15) is 9.29 Å². The second-order valence-corrected chi connectivity index (χ2v) is 40.1. The van der Waals surface area contributed by atoms with Gasteiger partial charge in [0.1, 0.15) is 24.7 Å². The molecule has 0 bridgehead atoms. The Labute approximate surface area is 756 Å². The second-order valence-electron chi connectivity index (χ2n) is 33.4. The van der Waals surface area contributed by atoms with Crippen LogP contribution in [0.25, 0.3) is 0 Å². The molecule has 9 aromatic rings. The van der Waals surface area contributed by atoms with E-state index < -0.39 is 32.3 Å². The number of likely N-dealkylation sites (N-methyl/N-ethyl adjacent to an activating group) is 1. The van der Waals surface area contributed by atoms with Crippen LogP contribution in [0.4, 0.5) is 4.39 Å². The summed E-state index contributed by atoms with van der Waals surface area (Å²) in [5.41, 5.74) is 21.0. The molecule has 4 aliphatic heterocycles. The van der Waals surface area contributed by atoms with Crippen LogP contribution in [0.3, 0.4) is 0 Å². The number of benzene rings is 8. The quantitative estimate of drug-likeness (QED) is 0.0261. The van der Waals surface area contributed by atoms with E-state index in [0.717, 1.165) is 124 Å². The Balaban J connectivity index is 0.000000252. The van der Waals surface area contributed by atoms with Crippen molar-refractivity contribution in [3.63, 3.8) is 0 Å². The largest absolute Gasteiger partial charge is 0.493 e. The van der Waals surface area contributed by atoms with Gasteiger partial charge in [-0.1, -0.05) is 201 Å². The molecule has 3 fully saturated rings. The summed E-state index contributed by atoms with van der Waals surface area (Å²) in [7, 11) is 2.83. The first-order valence-electron chi connectivity index (χ1n) is 42.2. The van der Waals surface area contributed by atoms with E-state index in [9.17, 15) is 36.5 Å². The minimum atomic E-state index is -2.91. The third-order valence-electron chi connectivity index (χ3n) is 20.7. The van der Waals surface area contributed by atoms with Crippen molar-refractivity contribution in [2.75, 3.05) is 115 Å². The molecule has 2 unspecified atom stereocenters. The third-order valence-corrected chi connectivity index (χ3v) is 26.9. The van der Waals surface area contributed by atoms with Crippen LogP contribution in [-0.2, 0) is 17.6 Å². The molecule has 682 valence electrons. The molecule has 13 rings (SSSR count). The van der Waals surface area contributed by atoms with Crippen LogP contribution >= 0.6 is 55.5 Å². The number of rotatable bonds is 20. The molecule has 2 atom stereocenters. The smallest absolute Gasteiger partial charge is 0.338 e. The molecule has 1 aromatic heterocycles. The monoisotopic (exact) mass is 1800 g/mol. The summed E-state index contributed by atoms with van der Waals surface area (Å²) in [6, 6.07) is 58.2. The van der Waals surface area contributed by atoms with Gasteiger partial charge in [-0.05, 0) is 227 Å². The number of piperazine rings is 1. The van der Waals surface area contributed by atoms with E-state index in [1.807, 2.05) is 127 Å². The van der Waals surface area contributed by atoms with Crippen LogP contribution in [0, 0.1) is 73.0 Å². The topological polar surface area (TPSA) is 252 Å². The van der Waals surface area contributed by atoms with E-state index in [2.05, 4.69) is 150 Å². The van der Waals surface area contributed by atoms with Crippen molar-refractivity contribution >= 4 is 61.5 Å². The number of aryl methyl sites for hydroxylation is 8. The maximum Gasteiger partial charge on any atom is 0.338 e. The van der Waals surface area contributed by atoms with E-state index >= 15 is 0 Å². The first-order valence-corrected chi connectivity index (χ1v) is 47.5. The summed E-state index contributed by atoms with van der Waals surface area (Å²) in [5, 5.41) is 1.03. The summed E-state index contributed by atoms with van der Waals surface area (Å²) >= 11 is 11.1. The Morgan fingerprint density at radius 1 is 0.637 bits per heavy atom. The van der Waals surface area contributed by atoms with Gasteiger partial charge in [0.2, 0.25) is 5.88 Å². The van der Waals surface area contributed by atoms with Gasteiger partial charge in [0.15, 0.2) is 0 Å². The second kappa shape index (κ2) is 52.9. The van der Waals surface area contributed by atoms with Crippen LogP contribution in [0.5, 0.6) is 17.6 Å². The number of likely N-dealkylation sites (tertiary alicyclic amines) is 1. The summed E-state index contributed by atoms with van der Waals surface area (Å²) < 4.78 is 102. The number of esters is 1. The molecule has 26 heteroatoms. The van der Waals surface area contributed by atoms with Crippen LogP contribution in [0.2, 0.25) is 10.0 Å². The summed E-state index contributed by atoms with van der Waals surface area (Å²) in [5.74, 6) is 2.36. The van der Waals surface area contributed by atoms with Gasteiger partial charge in [-0.25, -0.2) is 23.2 Å². The lowest BCUT2D eigenvalue weighted by Gasteiger charge is -2.47. The number of aromatic nitrogens is 2. The highest BCUT2D eigenvalue weighted by atomic mass is 35.5. The average Bonchev–Trinajstić information content (AvgIpc) is 0.846. The van der Waals surface area contributed by atoms with Gasteiger partial charge >= 0.3 is 12.0 Å². The minimum absolute atomic E-state index is 0.144. The molecule has 0 radical (unpaired) electrons. The highest BCUT2D eigenvalue weighted by Gasteiger charge is 2.32. The number of carbonyl (C=O) groups excluding carboxylic acids is 1. The molecule has 0 aliphatic carbocycles. The Hall–Kier alpha value is -8.09. The number of allylic oxidation sites excluding steroid dienone is 1. The number of ether oxygens (including phenoxy) is 4. The highest BCUT2D eigenvalue weighted by Crippen LogP contribution is 2.54. The molecule has 0 saturated carbocycles. The standard InChI is InChI=1S/C15H24NO2.C14H22N2O2S.C14H24N2O2S.C14H22N2O2S.C11H16.C9H10O.C7H6ClF.C7H7Cl.C7H10N2O2/c1-12(2)13-7-6-8-14(11-13)15(17)18-10-9-16(3,4)5;1-12(2)15-8-10-16(11-9-15)19(17,18)14-6-4-13(3)5-7-14;1-12-5-7-14(8-6-12)19(17,18)15-10-9-13-4-3-11-16(13)2;1-11-5-7-14(8-6-11)19(17,18)16-9-3-4-13(10-16)12(2)15;1-9(2)8-11-6-4-10(3)5-7-11;1-7-2-3-9-8(6-7)4-5-10-9;1-5-2-3-7(9)6(8)4-5;1-6-4-2-3-5-7(6)8;1-5-4-8-7(11-3)9-6(5)10-2/h6-8,11-12H,9-10H2,1-5H3;4-7,17-18H,1,8-11H2,2-3H3;5-8,13,15,17-18H,3-4,9-11H2,1-2H3;5-8,13,17-18H,2-4,9-10,15H2,1H3;4-7,9H,8H2,1-3H3;2-3,6H,4-5H2,1H3;2-4H,1H3;2-5H,1H3;4H,1-3H3/q+1;;;;;;;;. The fraction of sp³-hybridized carbons (Fsp3) is 0.418. The number of fused-ring (bicyclic) bond motifs is 1. The lowest BCUT2D eigenvalue weighted by Crippen LogP contribution is -2.46. The number of piperidine rings is 1. The predicted octanol–water partition coefficient (Wildman–Crippen LogP) is 23.5. The molecule has 124 heavy (non-hydrogen) atoms. The van der Waals surface area contributed by atoms with Crippen LogP contribution in [-0.4, -0.2) is 187 Å². The Morgan fingerprint density at radius 2 is 1.18 bits per heavy atom. The van der Waals surface area contributed by atoms with Crippen LogP contribution < -0.4 is 24.7 Å². The number of nitrogens with one attached hydrogen (secondary N) is 1. The molecule has 0 amide bonds. The lowest BCUT2D eigenvalue weighted by molar-refractivity contribution is -0.870. The van der Waals surface area contributed by atoms with Gasteiger partial charge in [0.25, 0.3) is 0 Å². The van der Waals surface area contributed by atoms with Crippen molar-refractivity contribution < 1.29 is 59.9 Å². The van der Waals surface area contributed by atoms with Gasteiger partial charge in [0, 0.05) is 92.4 Å². The number of halogens is 3. The predicted molar refractivity (Wildman–Crippen MR) is 517 cm³/mol. The maximum absolute atomic E-state index is 12.4. The van der Waals surface area contributed by atoms with E-state index in [4.69, 9.17) is 47.9 Å². The van der Waals surface area contributed by atoms with Crippen molar-refractivity contribution in [1.29, 1.82) is 0 Å². The maximum atomic E-state index is 12.4. The first kappa shape index (κ1) is 106. The number of quaternary nitrogens is 1. The third kappa shape index (κ3) is 37.8. The Kier molecular flexibility index (Phi) is 45.4. The fourth-order valence-corrected chi connectivity index (χ4v) is 17.5. The first-order chi connectivity index (χ1) is 58.4. The number of nitrogens with zero attached hydrogens (tertiary/aromatic N) is 7. The van der Waals surface area contributed by atoms with Gasteiger partial charge in [-0.3, -0.25) is 27.3 Å². The Bertz CT molecular complexity index is 4670. The normalized spacial score (nSPS) is 15.5. The molecule has 5 heterocycles. The summed E-state index contributed by atoms with van der Waals surface area (Å²) in [4.78, 5) is 26.0. The van der Waals surface area contributed by atoms with Gasteiger partial charge in [0.05, 0.1) is 67.2 Å². The molecule has 20 nitrogen and oxygen atoms in total. The van der Waals surface area contributed by atoms with Crippen molar-refractivity contribution in [1.82, 2.24) is 33.1 Å². The van der Waals surface area contributed by atoms with E-state index in [0.29, 0.717) is 89.1 Å². The van der Waals surface area contributed by atoms with Crippen molar-refractivity contribution in [3.8, 4) is 17.6 Å². The van der Waals surface area contributed by atoms with Crippen LogP contribution in [0.1, 0.15) is 144 Å². The van der Waals surface area contributed by atoms with Crippen molar-refractivity contribution in [2.24, 2.45) is 17.6 Å². The van der Waals surface area contributed by atoms with Crippen LogP contribution in [0.15, 0.2) is 227 Å². The van der Waals surface area contributed by atoms with Gasteiger partial charge < -0.3 is 39.0 Å². The molecule has 0 spiro atoms. The van der Waals surface area contributed by atoms with E-state index in [1.54, 1.807) is 76.5 Å². The molecule has 8 aromatic carbocycles. The molecular formula is C98H141Cl2FN9O11S3+. The number of carbonyl (C=O) groups is 1. The zero-order valence-corrected chi connectivity index (χ0v) is 80.6. The number of methoxy groups -OCH3 is 2. The summed E-state index contributed by atoms with van der Waals surface area (Å²) in [6.07, 6.45) is 9.22. The van der Waals surface area contributed by atoms with E-state index in [1.165, 1.54) is 54.7 Å². The fourth-order valence-electron chi connectivity index (χ4n) is 13.0.